The first-order valence-electron chi connectivity index (χ1n) is 8.84. The predicted molar refractivity (Wildman–Crippen MR) is 93.1 cm³/mol. The summed E-state index contributed by atoms with van der Waals surface area (Å²) in [5, 5.41) is 11.9. The Morgan fingerprint density at radius 3 is 1.86 bits per heavy atom. The summed E-state index contributed by atoms with van der Waals surface area (Å²) in [6, 6.07) is 6.13. The molecule has 2 fully saturated rings. The van der Waals surface area contributed by atoms with Crippen molar-refractivity contribution in [2.75, 3.05) is 0 Å². The Kier molecular flexibility index (Phi) is 5.22. The second-order valence-corrected chi connectivity index (χ2v) is 9.66. The number of rotatable bonds is 3. The first-order chi connectivity index (χ1) is 10.3. The topological polar surface area (TPSA) is 20.2 Å². The van der Waals surface area contributed by atoms with Gasteiger partial charge in [-0.15, -0.1) is 0 Å². The standard InChI is InChI=1S/C19H29OP/c1-15-9-8-14-18(20)19(15)21(16-10-4-2-5-11-16)17-12-6-3-7-13-17/h8-9,14,16-17,20H,2-7,10-13H2,1H3. The third-order valence-electron chi connectivity index (χ3n) is 5.41. The van der Waals surface area contributed by atoms with E-state index in [-0.39, 0.29) is 7.92 Å². The first-order valence-corrected chi connectivity index (χ1v) is 10.3. The number of hydrogen-bond donors (Lipinski definition) is 1. The second-order valence-electron chi connectivity index (χ2n) is 6.93. The van der Waals surface area contributed by atoms with E-state index >= 15 is 0 Å². The number of phenolic OH excluding ortho intramolecular Hbond substituents is 1. The molecular weight excluding hydrogens is 275 g/mol. The molecule has 0 atom stereocenters. The van der Waals surface area contributed by atoms with Crippen molar-refractivity contribution >= 4 is 13.2 Å². The summed E-state index contributed by atoms with van der Waals surface area (Å²) in [5.41, 5.74) is 3.06. The maximum absolute atomic E-state index is 10.5. The van der Waals surface area contributed by atoms with Crippen LogP contribution in [0.25, 0.3) is 0 Å². The summed E-state index contributed by atoms with van der Waals surface area (Å²) in [6.45, 7) is 2.20. The van der Waals surface area contributed by atoms with Crippen molar-refractivity contribution in [3.8, 4) is 5.75 Å². The van der Waals surface area contributed by atoms with Gasteiger partial charge in [-0.05, 0) is 55.6 Å². The molecule has 0 saturated heterocycles. The van der Waals surface area contributed by atoms with Gasteiger partial charge in [0.1, 0.15) is 5.75 Å². The summed E-state index contributed by atoms with van der Waals surface area (Å²) in [5.74, 6) is 0.581. The van der Waals surface area contributed by atoms with Crippen molar-refractivity contribution in [3.05, 3.63) is 23.8 Å². The van der Waals surface area contributed by atoms with Crippen LogP contribution < -0.4 is 5.30 Å². The van der Waals surface area contributed by atoms with E-state index in [0.29, 0.717) is 5.75 Å². The molecule has 1 aromatic carbocycles. The molecule has 2 aliphatic rings. The van der Waals surface area contributed by atoms with Crippen molar-refractivity contribution in [1.82, 2.24) is 0 Å². The molecule has 1 nitrogen and oxygen atoms in total. The van der Waals surface area contributed by atoms with Gasteiger partial charge >= 0.3 is 0 Å². The van der Waals surface area contributed by atoms with E-state index in [4.69, 9.17) is 0 Å². The maximum Gasteiger partial charge on any atom is 0.123 e. The van der Waals surface area contributed by atoms with Crippen molar-refractivity contribution in [2.24, 2.45) is 0 Å². The molecule has 0 amide bonds. The van der Waals surface area contributed by atoms with Gasteiger partial charge in [0.05, 0.1) is 0 Å². The van der Waals surface area contributed by atoms with Crippen LogP contribution in [-0.4, -0.2) is 16.4 Å². The highest BCUT2D eigenvalue weighted by atomic mass is 31.1. The van der Waals surface area contributed by atoms with Gasteiger partial charge in [-0.25, -0.2) is 0 Å². The minimum Gasteiger partial charge on any atom is -0.507 e. The third kappa shape index (κ3) is 3.45. The predicted octanol–water partition coefficient (Wildman–Crippen LogP) is 5.47. The van der Waals surface area contributed by atoms with Gasteiger partial charge in [0.25, 0.3) is 0 Å². The molecule has 0 aromatic heterocycles. The van der Waals surface area contributed by atoms with Crippen molar-refractivity contribution in [3.63, 3.8) is 0 Å². The van der Waals surface area contributed by atoms with E-state index in [1.165, 1.54) is 75.1 Å². The maximum atomic E-state index is 10.5. The summed E-state index contributed by atoms with van der Waals surface area (Å²) in [6.07, 6.45) is 14.1. The minimum absolute atomic E-state index is 0.184. The fourth-order valence-corrected chi connectivity index (χ4v) is 8.35. The normalized spacial score (nSPS) is 21.8. The van der Waals surface area contributed by atoms with E-state index < -0.39 is 0 Å². The fourth-order valence-electron chi connectivity index (χ4n) is 4.36. The van der Waals surface area contributed by atoms with E-state index in [9.17, 15) is 5.11 Å². The van der Waals surface area contributed by atoms with Crippen LogP contribution in [0.5, 0.6) is 5.75 Å². The van der Waals surface area contributed by atoms with Gasteiger partial charge in [-0.2, -0.15) is 0 Å². The van der Waals surface area contributed by atoms with Gasteiger partial charge < -0.3 is 5.11 Å². The van der Waals surface area contributed by atoms with E-state index in [1.807, 2.05) is 12.1 Å². The molecule has 0 unspecified atom stereocenters. The van der Waals surface area contributed by atoms with Crippen LogP contribution in [0.4, 0.5) is 0 Å². The molecule has 0 aliphatic heterocycles. The highest BCUT2D eigenvalue weighted by Crippen LogP contribution is 2.56. The van der Waals surface area contributed by atoms with Crippen molar-refractivity contribution < 1.29 is 5.11 Å². The summed E-state index contributed by atoms with van der Waals surface area (Å²) in [7, 11) is -0.184. The molecule has 0 heterocycles. The van der Waals surface area contributed by atoms with Gasteiger partial charge in [0.2, 0.25) is 0 Å². The Morgan fingerprint density at radius 2 is 1.38 bits per heavy atom. The number of aromatic hydroxyl groups is 1. The van der Waals surface area contributed by atoms with Crippen molar-refractivity contribution in [2.45, 2.75) is 82.4 Å². The number of benzene rings is 1. The summed E-state index contributed by atoms with van der Waals surface area (Å²) < 4.78 is 0. The smallest absolute Gasteiger partial charge is 0.123 e. The van der Waals surface area contributed by atoms with Crippen molar-refractivity contribution in [1.29, 1.82) is 0 Å². The van der Waals surface area contributed by atoms with Crippen LogP contribution in [0.15, 0.2) is 18.2 Å². The average molecular weight is 304 g/mol. The number of hydrogen-bond acceptors (Lipinski definition) is 1. The average Bonchev–Trinajstić information content (AvgIpc) is 2.53. The van der Waals surface area contributed by atoms with E-state index in [0.717, 1.165) is 11.3 Å². The van der Waals surface area contributed by atoms with Gasteiger partial charge in [0, 0.05) is 5.30 Å². The molecule has 2 heteroatoms. The quantitative estimate of drug-likeness (QED) is 0.734. The van der Waals surface area contributed by atoms with Crippen LogP contribution in [0.2, 0.25) is 0 Å². The minimum atomic E-state index is -0.184. The Labute approximate surface area is 130 Å². The zero-order valence-corrected chi connectivity index (χ0v) is 14.2. The molecule has 0 bridgehead atoms. The lowest BCUT2D eigenvalue weighted by Gasteiger charge is -2.39. The zero-order valence-electron chi connectivity index (χ0n) is 13.4. The van der Waals surface area contributed by atoms with Gasteiger partial charge in [0.15, 0.2) is 0 Å². The lowest BCUT2D eigenvalue weighted by molar-refractivity contribution is 0.474. The highest BCUT2D eigenvalue weighted by Gasteiger charge is 2.34. The Morgan fingerprint density at radius 1 is 0.857 bits per heavy atom. The monoisotopic (exact) mass is 304 g/mol. The van der Waals surface area contributed by atoms with Crippen LogP contribution >= 0.6 is 7.92 Å². The first kappa shape index (κ1) is 15.3. The zero-order chi connectivity index (χ0) is 14.7. The van der Waals surface area contributed by atoms with Gasteiger partial charge in [-0.1, -0.05) is 58.6 Å². The van der Waals surface area contributed by atoms with E-state index in [1.54, 1.807) is 0 Å². The molecule has 2 aliphatic carbocycles. The molecule has 21 heavy (non-hydrogen) atoms. The molecule has 0 radical (unpaired) electrons. The molecule has 2 saturated carbocycles. The second kappa shape index (κ2) is 7.14. The van der Waals surface area contributed by atoms with Gasteiger partial charge in [-0.3, -0.25) is 0 Å². The van der Waals surface area contributed by atoms with Crippen LogP contribution in [0.3, 0.4) is 0 Å². The summed E-state index contributed by atoms with van der Waals surface area (Å²) in [4.78, 5) is 0. The lowest BCUT2D eigenvalue weighted by atomic mass is 9.99. The number of phenols is 1. The molecule has 1 N–H and O–H groups in total. The van der Waals surface area contributed by atoms with Crippen LogP contribution in [0.1, 0.15) is 69.8 Å². The lowest BCUT2D eigenvalue weighted by Crippen LogP contribution is -2.27. The van der Waals surface area contributed by atoms with Crippen LogP contribution in [0, 0.1) is 6.92 Å². The largest absolute Gasteiger partial charge is 0.507 e. The Hall–Kier alpha value is -0.550. The van der Waals surface area contributed by atoms with E-state index in [2.05, 4.69) is 13.0 Å². The van der Waals surface area contributed by atoms with Crippen LogP contribution in [-0.2, 0) is 0 Å². The molecule has 0 spiro atoms. The SMILES string of the molecule is Cc1cccc(O)c1P(C1CCCCC1)C1CCCCC1. The number of aryl methyl sites for hydroxylation is 1. The summed E-state index contributed by atoms with van der Waals surface area (Å²) >= 11 is 0. The highest BCUT2D eigenvalue weighted by molar-refractivity contribution is 7.67. The Balaban J connectivity index is 1.94. The molecular formula is C19H29OP. The fraction of sp³-hybridized carbons (Fsp3) is 0.684. The molecule has 116 valence electrons. The third-order valence-corrected chi connectivity index (χ3v) is 9.12. The molecule has 3 rings (SSSR count). The molecule has 1 aromatic rings. The Bertz CT molecular complexity index is 420.